The van der Waals surface area contributed by atoms with Crippen molar-refractivity contribution in [3.63, 3.8) is 0 Å². The Morgan fingerprint density at radius 2 is 2.00 bits per heavy atom. The van der Waals surface area contributed by atoms with Crippen LogP contribution >= 0.6 is 0 Å². The predicted octanol–water partition coefficient (Wildman–Crippen LogP) is 5.23. The highest BCUT2D eigenvalue weighted by Gasteiger charge is 2.12. The number of allylic oxidation sites excluding steroid dienone is 1. The first-order valence-electron chi connectivity index (χ1n) is 10.8. The molecule has 0 aliphatic rings. The van der Waals surface area contributed by atoms with Crippen LogP contribution in [0.2, 0.25) is 0 Å². The van der Waals surface area contributed by atoms with Crippen LogP contribution in [0.3, 0.4) is 0 Å². The van der Waals surface area contributed by atoms with Crippen molar-refractivity contribution in [2.45, 2.75) is 52.6 Å². The molecule has 5 heteroatoms. The summed E-state index contributed by atoms with van der Waals surface area (Å²) in [5.41, 5.74) is 3.03. The highest BCUT2D eigenvalue weighted by molar-refractivity contribution is 5.94. The van der Waals surface area contributed by atoms with Gasteiger partial charge in [-0.05, 0) is 68.5 Å². The summed E-state index contributed by atoms with van der Waals surface area (Å²) >= 11 is 0. The van der Waals surface area contributed by atoms with Gasteiger partial charge in [0.2, 0.25) is 0 Å². The number of amides is 1. The Bertz CT molecular complexity index is 929. The zero-order valence-electron chi connectivity index (χ0n) is 18.7. The first kappa shape index (κ1) is 24.0. The molecule has 0 saturated carbocycles. The van der Waals surface area contributed by atoms with E-state index in [0.717, 1.165) is 36.1 Å². The van der Waals surface area contributed by atoms with Gasteiger partial charge in [0.05, 0.1) is 18.3 Å². The maximum absolute atomic E-state index is 12.5. The average molecular weight is 421 g/mol. The lowest BCUT2D eigenvalue weighted by atomic mass is 10.0. The first-order chi connectivity index (χ1) is 15.0. The lowest BCUT2D eigenvalue weighted by Gasteiger charge is -2.13. The molecule has 0 fully saturated rings. The summed E-state index contributed by atoms with van der Waals surface area (Å²) in [6.45, 7) is 11.0. The fourth-order valence-electron chi connectivity index (χ4n) is 3.11. The number of carbonyl (C=O) groups excluding carboxylic acids is 1. The van der Waals surface area contributed by atoms with Gasteiger partial charge < -0.3 is 14.8 Å². The Kier molecular flexibility index (Phi) is 9.64. The van der Waals surface area contributed by atoms with Crippen molar-refractivity contribution in [3.05, 3.63) is 71.3 Å². The predicted molar refractivity (Wildman–Crippen MR) is 124 cm³/mol. The van der Waals surface area contributed by atoms with Gasteiger partial charge in [0.15, 0.2) is 0 Å². The number of carbonyl (C=O) groups is 1. The van der Waals surface area contributed by atoms with Crippen molar-refractivity contribution in [2.75, 3.05) is 13.2 Å². The van der Waals surface area contributed by atoms with Gasteiger partial charge >= 0.3 is 0 Å². The molecule has 2 aromatic carbocycles. The molecule has 1 N–H and O–H groups in total. The number of benzene rings is 2. The number of hydrogen-bond donors (Lipinski definition) is 1. The van der Waals surface area contributed by atoms with Gasteiger partial charge in [-0.3, -0.25) is 4.79 Å². The van der Waals surface area contributed by atoms with E-state index in [9.17, 15) is 10.1 Å². The van der Waals surface area contributed by atoms with Gasteiger partial charge in [-0.2, -0.15) is 5.26 Å². The molecular formula is C26H32N2O3. The third-order valence-electron chi connectivity index (χ3n) is 4.67. The van der Waals surface area contributed by atoms with Gasteiger partial charge in [0, 0.05) is 12.1 Å². The van der Waals surface area contributed by atoms with Gasteiger partial charge in [-0.25, -0.2) is 0 Å². The monoisotopic (exact) mass is 420 g/mol. The molecule has 2 aromatic rings. The number of unbranched alkanes of at least 4 members (excludes halogenated alkanes) is 1. The summed E-state index contributed by atoms with van der Waals surface area (Å²) in [7, 11) is 0. The summed E-state index contributed by atoms with van der Waals surface area (Å²) < 4.78 is 11.5. The molecule has 0 radical (unpaired) electrons. The highest BCUT2D eigenvalue weighted by Crippen LogP contribution is 2.23. The van der Waals surface area contributed by atoms with Crippen molar-refractivity contribution in [1.29, 1.82) is 5.26 Å². The molecule has 0 aromatic heterocycles. The molecule has 0 aliphatic heterocycles. The minimum atomic E-state index is -0.210. The van der Waals surface area contributed by atoms with Crippen LogP contribution in [0, 0.1) is 11.3 Å². The van der Waals surface area contributed by atoms with E-state index >= 15 is 0 Å². The van der Waals surface area contributed by atoms with Crippen molar-refractivity contribution >= 4 is 5.91 Å². The summed E-state index contributed by atoms with van der Waals surface area (Å²) in [5, 5.41) is 12.3. The van der Waals surface area contributed by atoms with Gasteiger partial charge in [0.1, 0.15) is 17.6 Å². The number of nitrogens with zero attached hydrogens (tertiary/aromatic N) is 1. The maximum Gasteiger partial charge on any atom is 0.251 e. The van der Waals surface area contributed by atoms with E-state index in [1.54, 1.807) is 18.2 Å². The van der Waals surface area contributed by atoms with Crippen LogP contribution < -0.4 is 14.8 Å². The summed E-state index contributed by atoms with van der Waals surface area (Å²) in [5.74, 6) is 1.18. The van der Waals surface area contributed by atoms with Crippen molar-refractivity contribution < 1.29 is 14.3 Å². The van der Waals surface area contributed by atoms with Crippen molar-refractivity contribution in [2.24, 2.45) is 0 Å². The first-order valence-corrected chi connectivity index (χ1v) is 10.8. The number of rotatable bonds is 12. The third-order valence-corrected chi connectivity index (χ3v) is 4.67. The van der Waals surface area contributed by atoms with E-state index in [-0.39, 0.29) is 12.0 Å². The fraction of sp³-hybridized carbons (Fsp3) is 0.385. The normalized spacial score (nSPS) is 10.4. The lowest BCUT2D eigenvalue weighted by Crippen LogP contribution is -2.25. The minimum Gasteiger partial charge on any atom is -0.493 e. The lowest BCUT2D eigenvalue weighted by molar-refractivity contribution is 0.0954. The number of nitrogens with one attached hydrogen (secondary N) is 1. The van der Waals surface area contributed by atoms with Gasteiger partial charge in [-0.1, -0.05) is 31.6 Å². The number of hydrogen-bond acceptors (Lipinski definition) is 4. The molecule has 0 unspecified atom stereocenters. The van der Waals surface area contributed by atoms with E-state index in [0.29, 0.717) is 36.4 Å². The van der Waals surface area contributed by atoms with E-state index in [2.05, 4.69) is 31.0 Å². The SMILES string of the molecule is C=CCc1cc(CCNC(=O)c2ccc(OC(C)C)c(C#N)c2)ccc1OCCCC. The average Bonchev–Trinajstić information content (AvgIpc) is 2.75. The van der Waals surface area contributed by atoms with Crippen LogP contribution in [0.25, 0.3) is 0 Å². The van der Waals surface area contributed by atoms with Crippen LogP contribution in [0.5, 0.6) is 11.5 Å². The van der Waals surface area contributed by atoms with Crippen LogP contribution in [-0.2, 0) is 12.8 Å². The van der Waals surface area contributed by atoms with E-state index < -0.39 is 0 Å². The van der Waals surface area contributed by atoms with Crippen molar-refractivity contribution in [1.82, 2.24) is 5.32 Å². The Hall–Kier alpha value is -3.26. The molecule has 0 spiro atoms. The Morgan fingerprint density at radius 3 is 2.68 bits per heavy atom. The summed E-state index contributed by atoms with van der Waals surface area (Å²) in [6, 6.07) is 13.2. The molecule has 1 amide bonds. The molecule has 5 nitrogen and oxygen atoms in total. The summed E-state index contributed by atoms with van der Waals surface area (Å²) in [4.78, 5) is 12.5. The fourth-order valence-corrected chi connectivity index (χ4v) is 3.11. The second-order valence-electron chi connectivity index (χ2n) is 7.63. The third kappa shape index (κ3) is 7.49. The van der Waals surface area contributed by atoms with Crippen LogP contribution in [0.1, 0.15) is 60.7 Å². The smallest absolute Gasteiger partial charge is 0.251 e. The second-order valence-corrected chi connectivity index (χ2v) is 7.63. The molecule has 0 bridgehead atoms. The van der Waals surface area contributed by atoms with Gasteiger partial charge in [0.25, 0.3) is 5.91 Å². The maximum atomic E-state index is 12.5. The van der Waals surface area contributed by atoms with Gasteiger partial charge in [-0.15, -0.1) is 6.58 Å². The molecule has 164 valence electrons. The number of ether oxygens (including phenoxy) is 2. The highest BCUT2D eigenvalue weighted by atomic mass is 16.5. The molecular weight excluding hydrogens is 388 g/mol. The molecule has 0 heterocycles. The zero-order valence-corrected chi connectivity index (χ0v) is 18.7. The van der Waals surface area contributed by atoms with E-state index in [1.807, 2.05) is 32.1 Å². The van der Waals surface area contributed by atoms with Crippen LogP contribution in [0.4, 0.5) is 0 Å². The minimum absolute atomic E-state index is 0.0406. The molecule has 31 heavy (non-hydrogen) atoms. The Balaban J connectivity index is 1.98. The quantitative estimate of drug-likeness (QED) is 0.377. The molecule has 0 atom stereocenters. The van der Waals surface area contributed by atoms with E-state index in [1.165, 1.54) is 0 Å². The van der Waals surface area contributed by atoms with Crippen LogP contribution in [0.15, 0.2) is 49.1 Å². The Labute approximate surface area is 185 Å². The van der Waals surface area contributed by atoms with Crippen molar-refractivity contribution in [3.8, 4) is 17.6 Å². The molecule has 0 saturated heterocycles. The van der Waals surface area contributed by atoms with E-state index in [4.69, 9.17) is 9.47 Å². The standard InChI is InChI=1S/C26H32N2O3/c1-5-7-15-30-24-11-9-20(16-21(24)8-6-2)13-14-28-26(29)22-10-12-25(31-19(3)4)23(17-22)18-27/h6,9-12,16-17,19H,2,5,7-8,13-15H2,1,3-4H3,(H,28,29). The zero-order chi connectivity index (χ0) is 22.6. The molecule has 0 aliphatic carbocycles. The topological polar surface area (TPSA) is 71.3 Å². The number of nitriles is 1. The Morgan fingerprint density at radius 1 is 1.23 bits per heavy atom. The second kappa shape index (κ2) is 12.4. The largest absolute Gasteiger partial charge is 0.493 e. The summed E-state index contributed by atoms with van der Waals surface area (Å²) in [6.07, 6.45) is 5.39. The molecule has 2 rings (SSSR count). The van der Waals surface area contributed by atoms with Crippen LogP contribution in [-0.4, -0.2) is 25.2 Å².